The molecule has 0 aliphatic heterocycles. The zero-order valence-electron chi connectivity index (χ0n) is 11.0. The number of hydrogen-bond acceptors (Lipinski definition) is 2. The van der Waals surface area contributed by atoms with Crippen LogP contribution in [0.4, 0.5) is 0 Å². The van der Waals surface area contributed by atoms with Crippen molar-refractivity contribution < 1.29 is 4.42 Å². The summed E-state index contributed by atoms with van der Waals surface area (Å²) in [6, 6.07) is 10.3. The SMILES string of the molecule is Cc1ccc(C(C)NCc2ccc(C)c(Cl)c2)o1. The van der Waals surface area contributed by atoms with Gasteiger partial charge in [0, 0.05) is 11.6 Å². The molecule has 2 aromatic rings. The highest BCUT2D eigenvalue weighted by Gasteiger charge is 2.08. The maximum absolute atomic E-state index is 6.10. The molecule has 2 nitrogen and oxygen atoms in total. The lowest BCUT2D eigenvalue weighted by Gasteiger charge is -2.12. The van der Waals surface area contributed by atoms with E-state index in [1.807, 2.05) is 38.1 Å². The zero-order valence-corrected chi connectivity index (χ0v) is 11.7. The van der Waals surface area contributed by atoms with Gasteiger partial charge in [0.1, 0.15) is 11.5 Å². The van der Waals surface area contributed by atoms with Gasteiger partial charge < -0.3 is 9.73 Å². The molecule has 0 aliphatic carbocycles. The Morgan fingerprint density at radius 2 is 2.00 bits per heavy atom. The Morgan fingerprint density at radius 1 is 1.22 bits per heavy atom. The van der Waals surface area contributed by atoms with Crippen molar-refractivity contribution in [1.82, 2.24) is 5.32 Å². The van der Waals surface area contributed by atoms with E-state index in [0.29, 0.717) is 0 Å². The van der Waals surface area contributed by atoms with Gasteiger partial charge in [0.05, 0.1) is 6.04 Å². The van der Waals surface area contributed by atoms with Gasteiger partial charge in [-0.1, -0.05) is 23.7 Å². The van der Waals surface area contributed by atoms with Crippen LogP contribution in [-0.2, 0) is 6.54 Å². The van der Waals surface area contributed by atoms with Gasteiger partial charge in [0.25, 0.3) is 0 Å². The summed E-state index contributed by atoms with van der Waals surface area (Å²) in [5, 5.41) is 4.24. The van der Waals surface area contributed by atoms with Crippen LogP contribution in [0.3, 0.4) is 0 Å². The minimum Gasteiger partial charge on any atom is -0.465 e. The normalized spacial score (nSPS) is 12.7. The lowest BCUT2D eigenvalue weighted by molar-refractivity contribution is 0.416. The highest BCUT2D eigenvalue weighted by Crippen LogP contribution is 2.19. The second-order valence-electron chi connectivity index (χ2n) is 4.63. The van der Waals surface area contributed by atoms with E-state index < -0.39 is 0 Å². The van der Waals surface area contributed by atoms with E-state index in [1.54, 1.807) is 0 Å². The van der Waals surface area contributed by atoms with Crippen molar-refractivity contribution in [3.63, 3.8) is 0 Å². The standard InChI is InChI=1S/C15H18ClNO/c1-10-4-6-13(8-14(10)16)9-17-12(3)15-7-5-11(2)18-15/h4-8,12,17H,9H2,1-3H3. The smallest absolute Gasteiger partial charge is 0.120 e. The van der Waals surface area contributed by atoms with Crippen LogP contribution in [0, 0.1) is 13.8 Å². The van der Waals surface area contributed by atoms with E-state index in [2.05, 4.69) is 18.3 Å². The van der Waals surface area contributed by atoms with Crippen molar-refractivity contribution in [1.29, 1.82) is 0 Å². The summed E-state index contributed by atoms with van der Waals surface area (Å²) in [5.41, 5.74) is 2.29. The molecule has 1 atom stereocenters. The number of furan rings is 1. The van der Waals surface area contributed by atoms with E-state index >= 15 is 0 Å². The molecule has 1 unspecified atom stereocenters. The average molecular weight is 264 g/mol. The molecule has 1 N–H and O–H groups in total. The Labute approximate surface area is 113 Å². The molecule has 1 aromatic heterocycles. The summed E-state index contributed by atoms with van der Waals surface area (Å²) in [4.78, 5) is 0. The third-order valence-electron chi connectivity index (χ3n) is 3.04. The van der Waals surface area contributed by atoms with E-state index in [1.165, 1.54) is 5.56 Å². The van der Waals surface area contributed by atoms with E-state index in [-0.39, 0.29) is 6.04 Å². The van der Waals surface area contributed by atoms with Crippen molar-refractivity contribution >= 4 is 11.6 Å². The second kappa shape index (κ2) is 5.59. The summed E-state index contributed by atoms with van der Waals surface area (Å²) >= 11 is 6.10. The summed E-state index contributed by atoms with van der Waals surface area (Å²) in [5.74, 6) is 1.91. The van der Waals surface area contributed by atoms with Crippen LogP contribution >= 0.6 is 11.6 Å². The Balaban J connectivity index is 1.97. The molecule has 1 aromatic carbocycles. The first kappa shape index (κ1) is 13.2. The van der Waals surface area contributed by atoms with Gasteiger partial charge in [-0.25, -0.2) is 0 Å². The van der Waals surface area contributed by atoms with Gasteiger partial charge in [-0.15, -0.1) is 0 Å². The Bertz CT molecular complexity index is 533. The number of nitrogens with one attached hydrogen (secondary N) is 1. The van der Waals surface area contributed by atoms with Crippen LogP contribution in [0.5, 0.6) is 0 Å². The molecule has 0 spiro atoms. The predicted octanol–water partition coefficient (Wildman–Crippen LogP) is 4.40. The van der Waals surface area contributed by atoms with E-state index in [9.17, 15) is 0 Å². The number of aryl methyl sites for hydroxylation is 2. The lowest BCUT2D eigenvalue weighted by Crippen LogP contribution is -2.17. The Morgan fingerprint density at radius 3 is 2.61 bits per heavy atom. The first-order valence-corrected chi connectivity index (χ1v) is 6.49. The van der Waals surface area contributed by atoms with Crippen LogP contribution in [0.1, 0.15) is 35.6 Å². The fraction of sp³-hybridized carbons (Fsp3) is 0.333. The van der Waals surface area contributed by atoms with Gasteiger partial charge >= 0.3 is 0 Å². The predicted molar refractivity (Wildman–Crippen MR) is 74.9 cm³/mol. The van der Waals surface area contributed by atoms with Gasteiger partial charge in [-0.2, -0.15) is 0 Å². The molecular formula is C15H18ClNO. The summed E-state index contributed by atoms with van der Waals surface area (Å²) in [6.07, 6.45) is 0. The minimum atomic E-state index is 0.193. The van der Waals surface area contributed by atoms with Gasteiger partial charge in [-0.05, 0) is 50.1 Å². The first-order valence-electron chi connectivity index (χ1n) is 6.11. The third-order valence-corrected chi connectivity index (χ3v) is 3.44. The van der Waals surface area contributed by atoms with Gasteiger partial charge in [0.15, 0.2) is 0 Å². The second-order valence-corrected chi connectivity index (χ2v) is 5.04. The quantitative estimate of drug-likeness (QED) is 0.884. The molecule has 18 heavy (non-hydrogen) atoms. The molecule has 0 fully saturated rings. The van der Waals surface area contributed by atoms with Crippen LogP contribution in [-0.4, -0.2) is 0 Å². The zero-order chi connectivity index (χ0) is 13.1. The molecule has 0 saturated heterocycles. The highest BCUT2D eigenvalue weighted by molar-refractivity contribution is 6.31. The van der Waals surface area contributed by atoms with Crippen molar-refractivity contribution in [3.05, 3.63) is 58.0 Å². The molecule has 0 bridgehead atoms. The fourth-order valence-corrected chi connectivity index (χ4v) is 2.01. The third kappa shape index (κ3) is 3.15. The number of halogens is 1. The molecule has 2 rings (SSSR count). The van der Waals surface area contributed by atoms with Crippen LogP contribution in [0.15, 0.2) is 34.7 Å². The maximum Gasteiger partial charge on any atom is 0.120 e. The number of benzene rings is 1. The van der Waals surface area contributed by atoms with Crippen molar-refractivity contribution in [3.8, 4) is 0 Å². The lowest BCUT2D eigenvalue weighted by atomic mass is 10.1. The molecule has 1 heterocycles. The maximum atomic E-state index is 6.10. The van der Waals surface area contributed by atoms with E-state index in [4.69, 9.17) is 16.0 Å². The molecule has 96 valence electrons. The average Bonchev–Trinajstić information content (AvgIpc) is 2.77. The fourth-order valence-electron chi connectivity index (χ4n) is 1.80. The number of hydrogen-bond donors (Lipinski definition) is 1. The molecular weight excluding hydrogens is 246 g/mol. The van der Waals surface area contributed by atoms with Crippen molar-refractivity contribution in [2.45, 2.75) is 33.4 Å². The van der Waals surface area contributed by atoms with E-state index in [0.717, 1.165) is 28.7 Å². The Hall–Kier alpha value is -1.25. The number of rotatable bonds is 4. The molecule has 0 saturated carbocycles. The van der Waals surface area contributed by atoms with Gasteiger partial charge in [0.2, 0.25) is 0 Å². The van der Waals surface area contributed by atoms with Crippen molar-refractivity contribution in [2.75, 3.05) is 0 Å². The topological polar surface area (TPSA) is 25.2 Å². The van der Waals surface area contributed by atoms with Crippen LogP contribution < -0.4 is 5.32 Å². The first-order chi connectivity index (χ1) is 8.56. The molecule has 0 radical (unpaired) electrons. The molecule has 3 heteroatoms. The van der Waals surface area contributed by atoms with Crippen molar-refractivity contribution in [2.24, 2.45) is 0 Å². The monoisotopic (exact) mass is 263 g/mol. The summed E-state index contributed by atoms with van der Waals surface area (Å²) in [6.45, 7) is 6.83. The summed E-state index contributed by atoms with van der Waals surface area (Å²) < 4.78 is 5.59. The van der Waals surface area contributed by atoms with Crippen LogP contribution in [0.25, 0.3) is 0 Å². The molecule has 0 aliphatic rings. The summed E-state index contributed by atoms with van der Waals surface area (Å²) in [7, 11) is 0. The minimum absolute atomic E-state index is 0.193. The highest BCUT2D eigenvalue weighted by atomic mass is 35.5. The van der Waals surface area contributed by atoms with Crippen LogP contribution in [0.2, 0.25) is 5.02 Å². The molecule has 0 amide bonds. The Kier molecular flexibility index (Phi) is 4.10. The largest absolute Gasteiger partial charge is 0.465 e. The van der Waals surface area contributed by atoms with Gasteiger partial charge in [-0.3, -0.25) is 0 Å².